The van der Waals surface area contributed by atoms with Crippen molar-refractivity contribution in [2.24, 2.45) is 0 Å². The Balaban J connectivity index is 1.29. The van der Waals surface area contributed by atoms with Gasteiger partial charge in [0.05, 0.1) is 11.7 Å². The maximum atomic E-state index is 6.03. The van der Waals surface area contributed by atoms with Gasteiger partial charge in [-0.2, -0.15) is 5.10 Å². The molecule has 6 heteroatoms. The molecule has 0 amide bonds. The van der Waals surface area contributed by atoms with E-state index in [1.807, 2.05) is 31.3 Å². The molecule has 0 aliphatic rings. The third-order valence-electron chi connectivity index (χ3n) is 5.46. The van der Waals surface area contributed by atoms with Crippen molar-refractivity contribution in [1.29, 1.82) is 0 Å². The number of hydrogen-bond acceptors (Lipinski definition) is 3. The molecule has 3 aromatic heterocycles. The number of pyridine rings is 1. The van der Waals surface area contributed by atoms with Gasteiger partial charge in [-0.25, -0.2) is 0 Å². The first-order chi connectivity index (χ1) is 14.7. The first-order valence-corrected chi connectivity index (χ1v) is 10.1. The minimum absolute atomic E-state index is 0.137. The summed E-state index contributed by atoms with van der Waals surface area (Å²) in [7, 11) is 0. The van der Waals surface area contributed by atoms with Crippen molar-refractivity contribution in [2.45, 2.75) is 19.4 Å². The lowest BCUT2D eigenvalue weighted by atomic mass is 10.0. The molecule has 0 saturated carbocycles. The Kier molecular flexibility index (Phi) is 4.69. The number of para-hydroxylation sites is 1. The molecular weight excluding hydrogens is 374 g/mol. The third kappa shape index (κ3) is 3.53. The Morgan fingerprint density at radius 1 is 1.03 bits per heavy atom. The van der Waals surface area contributed by atoms with E-state index < -0.39 is 0 Å². The summed E-state index contributed by atoms with van der Waals surface area (Å²) in [6, 6.07) is 16.7. The molecular formula is C24H24N5O+. The Bertz CT molecular complexity index is 1320. The van der Waals surface area contributed by atoms with E-state index >= 15 is 0 Å². The predicted molar refractivity (Wildman–Crippen MR) is 118 cm³/mol. The van der Waals surface area contributed by atoms with Crippen LogP contribution in [0.1, 0.15) is 11.3 Å². The van der Waals surface area contributed by atoms with Crippen molar-refractivity contribution in [3.05, 3.63) is 78.4 Å². The lowest BCUT2D eigenvalue weighted by Crippen LogP contribution is -2.64. The molecule has 5 N–H and O–H groups in total. The Labute approximate surface area is 174 Å². The monoisotopic (exact) mass is 398 g/mol. The van der Waals surface area contributed by atoms with Crippen molar-refractivity contribution in [3.8, 4) is 16.9 Å². The van der Waals surface area contributed by atoms with Gasteiger partial charge >= 0.3 is 0 Å². The van der Waals surface area contributed by atoms with Gasteiger partial charge in [-0.3, -0.25) is 10.1 Å². The molecule has 6 nitrogen and oxygen atoms in total. The number of ether oxygens (including phenoxy) is 1. The molecule has 0 radical (unpaired) electrons. The molecule has 0 unspecified atom stereocenters. The lowest BCUT2D eigenvalue weighted by Gasteiger charge is -2.11. The molecule has 5 rings (SSSR count). The van der Waals surface area contributed by atoms with E-state index in [4.69, 9.17) is 4.74 Å². The van der Waals surface area contributed by atoms with Crippen LogP contribution in [-0.4, -0.2) is 32.8 Å². The Morgan fingerprint density at radius 2 is 1.93 bits per heavy atom. The molecule has 5 aromatic rings. The first kappa shape index (κ1) is 18.4. The van der Waals surface area contributed by atoms with E-state index in [9.17, 15) is 0 Å². The van der Waals surface area contributed by atoms with Crippen LogP contribution in [0.25, 0.3) is 32.9 Å². The number of hydrogen-bond donors (Lipinski definition) is 3. The molecule has 0 fully saturated rings. The van der Waals surface area contributed by atoms with Crippen LogP contribution < -0.4 is 10.5 Å². The number of H-pyrrole nitrogens is 2. The van der Waals surface area contributed by atoms with Crippen LogP contribution >= 0.6 is 0 Å². The molecule has 0 aliphatic carbocycles. The van der Waals surface area contributed by atoms with E-state index in [2.05, 4.69) is 62.4 Å². The minimum atomic E-state index is 0.137. The van der Waals surface area contributed by atoms with Crippen LogP contribution in [-0.2, 0) is 6.42 Å². The number of nitrogens with zero attached hydrogens (tertiary/aromatic N) is 2. The standard InChI is InChI=1S/C24H23N5O/c1-15-22-10-16(6-7-24(22)29-28-15)17-9-20(13-26-11-17)30-14-19(25)8-18-12-27-23-5-3-2-4-21(18)23/h2-7,9-13,19,27H,8,14,25H2,1H3,(H,28,29)/p+1/t19-/m0/s1. The second-order valence-electron chi connectivity index (χ2n) is 7.73. The number of aromatic nitrogens is 4. The molecule has 3 heterocycles. The van der Waals surface area contributed by atoms with Crippen LogP contribution in [0.3, 0.4) is 0 Å². The highest BCUT2D eigenvalue weighted by Gasteiger charge is 2.13. The number of aromatic amines is 2. The fraction of sp³-hybridized carbons (Fsp3) is 0.167. The molecule has 30 heavy (non-hydrogen) atoms. The summed E-state index contributed by atoms with van der Waals surface area (Å²) in [4.78, 5) is 7.69. The number of benzene rings is 2. The second kappa shape index (κ2) is 7.65. The first-order valence-electron chi connectivity index (χ1n) is 10.1. The molecule has 0 aliphatic heterocycles. The number of rotatable bonds is 6. The zero-order chi connectivity index (χ0) is 20.5. The van der Waals surface area contributed by atoms with Gasteiger partial charge < -0.3 is 15.5 Å². The molecule has 0 spiro atoms. The SMILES string of the molecule is Cc1[nH]nc2ccc(-c3cncc(OC[C@@H]([NH3+])Cc4c[nH]c5ccccc45)c3)cc12. The van der Waals surface area contributed by atoms with Crippen LogP contribution in [0.5, 0.6) is 5.75 Å². The van der Waals surface area contributed by atoms with Gasteiger partial charge in [0.15, 0.2) is 0 Å². The Hall–Kier alpha value is -3.64. The quantitative estimate of drug-likeness (QED) is 0.407. The summed E-state index contributed by atoms with van der Waals surface area (Å²) < 4.78 is 6.03. The normalized spacial score (nSPS) is 12.5. The van der Waals surface area contributed by atoms with E-state index in [1.165, 1.54) is 10.9 Å². The average Bonchev–Trinajstić information content (AvgIpc) is 3.36. The van der Waals surface area contributed by atoms with Crippen LogP contribution in [0.2, 0.25) is 0 Å². The fourth-order valence-electron chi connectivity index (χ4n) is 3.86. The van der Waals surface area contributed by atoms with Gasteiger partial charge in [-0.15, -0.1) is 0 Å². The topological polar surface area (TPSA) is 94.2 Å². The summed E-state index contributed by atoms with van der Waals surface area (Å²) in [6.45, 7) is 2.56. The van der Waals surface area contributed by atoms with Crippen molar-refractivity contribution in [3.63, 3.8) is 0 Å². The molecule has 1 atom stereocenters. The Morgan fingerprint density at radius 3 is 2.87 bits per heavy atom. The number of nitrogens with one attached hydrogen (secondary N) is 2. The predicted octanol–water partition coefficient (Wildman–Crippen LogP) is 3.65. The van der Waals surface area contributed by atoms with Crippen molar-refractivity contribution < 1.29 is 10.5 Å². The smallest absolute Gasteiger partial charge is 0.140 e. The summed E-state index contributed by atoms with van der Waals surface area (Å²) in [5, 5.41) is 9.69. The van der Waals surface area contributed by atoms with Crippen LogP contribution in [0, 0.1) is 6.92 Å². The second-order valence-corrected chi connectivity index (χ2v) is 7.73. The molecule has 0 saturated heterocycles. The highest BCUT2D eigenvalue weighted by molar-refractivity contribution is 5.86. The number of fused-ring (bicyclic) bond motifs is 2. The van der Waals surface area contributed by atoms with Gasteiger partial charge in [0.2, 0.25) is 0 Å². The average molecular weight is 398 g/mol. The van der Waals surface area contributed by atoms with Gasteiger partial charge in [-0.05, 0) is 42.3 Å². The summed E-state index contributed by atoms with van der Waals surface area (Å²) in [5.41, 5.74) is 10.8. The van der Waals surface area contributed by atoms with Gasteiger partial charge in [0, 0.05) is 46.4 Å². The molecule has 150 valence electrons. The lowest BCUT2D eigenvalue weighted by molar-refractivity contribution is -0.423. The summed E-state index contributed by atoms with van der Waals surface area (Å²) >= 11 is 0. The van der Waals surface area contributed by atoms with Crippen molar-refractivity contribution >= 4 is 21.8 Å². The highest BCUT2D eigenvalue weighted by atomic mass is 16.5. The fourth-order valence-corrected chi connectivity index (χ4v) is 3.86. The van der Waals surface area contributed by atoms with E-state index in [1.54, 1.807) is 6.20 Å². The van der Waals surface area contributed by atoms with Crippen LogP contribution in [0.4, 0.5) is 0 Å². The zero-order valence-electron chi connectivity index (χ0n) is 16.9. The third-order valence-corrected chi connectivity index (χ3v) is 5.46. The largest absolute Gasteiger partial charge is 0.486 e. The summed E-state index contributed by atoms with van der Waals surface area (Å²) in [5.74, 6) is 0.754. The highest BCUT2D eigenvalue weighted by Crippen LogP contribution is 2.27. The van der Waals surface area contributed by atoms with Crippen molar-refractivity contribution in [2.75, 3.05) is 6.61 Å². The van der Waals surface area contributed by atoms with E-state index in [-0.39, 0.29) is 6.04 Å². The van der Waals surface area contributed by atoms with Gasteiger partial charge in [-0.1, -0.05) is 24.3 Å². The zero-order valence-corrected chi connectivity index (χ0v) is 16.9. The maximum Gasteiger partial charge on any atom is 0.140 e. The van der Waals surface area contributed by atoms with E-state index in [0.717, 1.165) is 45.4 Å². The van der Waals surface area contributed by atoms with E-state index in [0.29, 0.717) is 6.61 Å². The van der Waals surface area contributed by atoms with Crippen LogP contribution in [0.15, 0.2) is 67.1 Å². The number of quaternary nitrogens is 1. The van der Waals surface area contributed by atoms with Gasteiger partial charge in [0.1, 0.15) is 18.4 Å². The maximum absolute atomic E-state index is 6.03. The number of aryl methyl sites for hydroxylation is 1. The summed E-state index contributed by atoms with van der Waals surface area (Å²) in [6.07, 6.45) is 6.53. The molecule has 0 bridgehead atoms. The molecule has 2 aromatic carbocycles. The van der Waals surface area contributed by atoms with Crippen molar-refractivity contribution in [1.82, 2.24) is 20.2 Å². The minimum Gasteiger partial charge on any atom is -0.486 e. The van der Waals surface area contributed by atoms with Gasteiger partial charge in [0.25, 0.3) is 0 Å².